The van der Waals surface area contributed by atoms with E-state index >= 15 is 0 Å². The van der Waals surface area contributed by atoms with Crippen molar-refractivity contribution in [3.8, 4) is 0 Å². The molecule has 1 fully saturated rings. The van der Waals surface area contributed by atoms with Crippen molar-refractivity contribution in [3.63, 3.8) is 0 Å². The first-order valence-corrected chi connectivity index (χ1v) is 7.82. The predicted octanol–water partition coefficient (Wildman–Crippen LogP) is 3.05. The number of carboxylic acid groups (broad SMARTS) is 1. The Morgan fingerprint density at radius 1 is 1.24 bits per heavy atom. The van der Waals surface area contributed by atoms with Gasteiger partial charge in [0.25, 0.3) is 0 Å². The van der Waals surface area contributed by atoms with Crippen LogP contribution in [0.2, 0.25) is 0 Å². The highest BCUT2D eigenvalue weighted by Gasteiger charge is 2.30. The second-order valence-corrected chi connectivity index (χ2v) is 5.94. The van der Waals surface area contributed by atoms with E-state index in [9.17, 15) is 18.7 Å². The summed E-state index contributed by atoms with van der Waals surface area (Å²) in [4.78, 5) is 21.5. The quantitative estimate of drug-likeness (QED) is 0.791. The lowest BCUT2D eigenvalue weighted by molar-refractivity contribution is 0.0689. The van der Waals surface area contributed by atoms with Crippen molar-refractivity contribution in [1.29, 1.82) is 0 Å². The van der Waals surface area contributed by atoms with Crippen molar-refractivity contribution in [1.82, 2.24) is 14.4 Å². The Kier molecular flexibility index (Phi) is 3.60. The minimum atomic E-state index is -1.10. The third-order valence-corrected chi connectivity index (χ3v) is 4.47. The Morgan fingerprint density at radius 2 is 2.08 bits per heavy atom. The van der Waals surface area contributed by atoms with Gasteiger partial charge in [0.2, 0.25) is 0 Å². The molecule has 2 aromatic heterocycles. The molecule has 1 aliphatic heterocycles. The van der Waals surface area contributed by atoms with Gasteiger partial charge < -0.3 is 10.0 Å². The molecule has 1 aromatic carbocycles. The summed E-state index contributed by atoms with van der Waals surface area (Å²) in [6.07, 6.45) is 5.77. The summed E-state index contributed by atoms with van der Waals surface area (Å²) in [6, 6.07) is 3.07. The highest BCUT2D eigenvalue weighted by atomic mass is 19.1. The fourth-order valence-electron chi connectivity index (χ4n) is 3.32. The van der Waals surface area contributed by atoms with Crippen LogP contribution in [0.15, 0.2) is 36.8 Å². The number of halogens is 2. The molecule has 8 heteroatoms. The maximum absolute atomic E-state index is 14.2. The molecule has 3 heterocycles. The molecule has 0 amide bonds. The van der Waals surface area contributed by atoms with Gasteiger partial charge in [0.15, 0.2) is 11.3 Å². The van der Waals surface area contributed by atoms with Gasteiger partial charge in [-0.1, -0.05) is 0 Å². The molecule has 0 saturated carbocycles. The molecule has 0 aliphatic carbocycles. The van der Waals surface area contributed by atoms with E-state index in [0.717, 1.165) is 18.6 Å². The molecular weight excluding hydrogens is 330 g/mol. The van der Waals surface area contributed by atoms with Crippen molar-refractivity contribution in [3.05, 3.63) is 59.7 Å². The number of rotatable bonds is 3. The number of aromatic nitrogens is 3. The molecule has 1 aliphatic rings. The van der Waals surface area contributed by atoms with Gasteiger partial charge in [0.05, 0.1) is 24.6 Å². The van der Waals surface area contributed by atoms with Crippen LogP contribution in [0.1, 0.15) is 34.9 Å². The molecule has 1 atom stereocenters. The first kappa shape index (κ1) is 15.5. The van der Waals surface area contributed by atoms with Crippen molar-refractivity contribution in [2.45, 2.75) is 18.9 Å². The molecule has 0 spiro atoms. The average molecular weight is 344 g/mol. The first-order valence-electron chi connectivity index (χ1n) is 7.82. The van der Waals surface area contributed by atoms with E-state index in [1.165, 1.54) is 22.9 Å². The standard InChI is InChI=1S/C17H14F2N4O2/c18-10-3-4-12(19)11(6-10)13-2-1-5-22(13)16-9-23-14(17(24)25)7-20-15(23)8-21-16/h3-4,6-9,13H,1-2,5H2,(H,24,25)/t13-/m1/s1. The van der Waals surface area contributed by atoms with Gasteiger partial charge in [0.1, 0.15) is 17.5 Å². The van der Waals surface area contributed by atoms with Crippen LogP contribution in [0.5, 0.6) is 0 Å². The highest BCUT2D eigenvalue weighted by molar-refractivity contribution is 5.86. The van der Waals surface area contributed by atoms with Gasteiger partial charge in [-0.15, -0.1) is 0 Å². The molecule has 0 unspecified atom stereocenters. The topological polar surface area (TPSA) is 70.7 Å². The molecule has 1 N–H and O–H groups in total. The second-order valence-electron chi connectivity index (χ2n) is 5.94. The molecule has 25 heavy (non-hydrogen) atoms. The number of anilines is 1. The lowest BCUT2D eigenvalue weighted by Gasteiger charge is -2.26. The van der Waals surface area contributed by atoms with Crippen LogP contribution < -0.4 is 4.90 Å². The molecule has 3 aromatic rings. The van der Waals surface area contributed by atoms with Crippen molar-refractivity contribution < 1.29 is 18.7 Å². The van der Waals surface area contributed by atoms with E-state index in [2.05, 4.69) is 9.97 Å². The van der Waals surface area contributed by atoms with Gasteiger partial charge in [-0.2, -0.15) is 0 Å². The summed E-state index contributed by atoms with van der Waals surface area (Å²) in [5.41, 5.74) is 0.712. The summed E-state index contributed by atoms with van der Waals surface area (Å²) in [5, 5.41) is 9.24. The normalized spacial score (nSPS) is 17.4. The number of hydrogen-bond donors (Lipinski definition) is 1. The van der Waals surface area contributed by atoms with E-state index in [0.29, 0.717) is 24.4 Å². The van der Waals surface area contributed by atoms with Crippen LogP contribution in [0.4, 0.5) is 14.6 Å². The van der Waals surface area contributed by atoms with Gasteiger partial charge in [-0.25, -0.2) is 23.5 Å². The van der Waals surface area contributed by atoms with Crippen LogP contribution in [0, 0.1) is 11.6 Å². The third-order valence-electron chi connectivity index (χ3n) is 4.47. The van der Waals surface area contributed by atoms with Crippen molar-refractivity contribution in [2.24, 2.45) is 0 Å². The van der Waals surface area contributed by atoms with Crippen LogP contribution in [0.3, 0.4) is 0 Å². The maximum Gasteiger partial charge on any atom is 0.354 e. The minimum Gasteiger partial charge on any atom is -0.477 e. The SMILES string of the molecule is O=C(O)c1cnc2cnc(N3CCC[C@@H]3c3cc(F)ccc3F)cn12. The molecule has 6 nitrogen and oxygen atoms in total. The van der Waals surface area contributed by atoms with E-state index in [1.54, 1.807) is 6.20 Å². The Labute approximate surface area is 141 Å². The van der Waals surface area contributed by atoms with Gasteiger partial charge in [-0.05, 0) is 31.0 Å². The van der Waals surface area contributed by atoms with E-state index in [4.69, 9.17) is 0 Å². The van der Waals surface area contributed by atoms with Crippen molar-refractivity contribution in [2.75, 3.05) is 11.4 Å². The number of carbonyl (C=O) groups is 1. The average Bonchev–Trinajstić information content (AvgIpc) is 3.22. The van der Waals surface area contributed by atoms with Crippen LogP contribution >= 0.6 is 0 Å². The fourth-order valence-corrected chi connectivity index (χ4v) is 3.32. The van der Waals surface area contributed by atoms with Crippen LogP contribution in [-0.2, 0) is 0 Å². The zero-order chi connectivity index (χ0) is 17.6. The Morgan fingerprint density at radius 3 is 2.88 bits per heavy atom. The molecular formula is C17H14F2N4O2. The number of nitrogens with zero attached hydrogens (tertiary/aromatic N) is 4. The number of imidazole rings is 1. The number of benzene rings is 1. The summed E-state index contributed by atoms with van der Waals surface area (Å²) in [6.45, 7) is 0.621. The van der Waals surface area contributed by atoms with Crippen LogP contribution in [-0.4, -0.2) is 32.0 Å². The monoisotopic (exact) mass is 344 g/mol. The summed E-state index contributed by atoms with van der Waals surface area (Å²) < 4.78 is 29.2. The predicted molar refractivity (Wildman–Crippen MR) is 85.6 cm³/mol. The lowest BCUT2D eigenvalue weighted by Crippen LogP contribution is -2.25. The number of carboxylic acids is 1. The highest BCUT2D eigenvalue weighted by Crippen LogP contribution is 2.36. The number of hydrogen-bond acceptors (Lipinski definition) is 4. The molecule has 1 saturated heterocycles. The Balaban J connectivity index is 1.77. The number of aromatic carboxylic acids is 1. The smallest absolute Gasteiger partial charge is 0.354 e. The Bertz CT molecular complexity index is 972. The minimum absolute atomic E-state index is 0.0198. The summed E-state index contributed by atoms with van der Waals surface area (Å²) in [7, 11) is 0. The van der Waals surface area contributed by atoms with Gasteiger partial charge in [-0.3, -0.25) is 4.40 Å². The molecule has 0 bridgehead atoms. The first-order chi connectivity index (χ1) is 12.0. The molecule has 4 rings (SSSR count). The molecule has 128 valence electrons. The van der Waals surface area contributed by atoms with E-state index < -0.39 is 17.6 Å². The zero-order valence-corrected chi connectivity index (χ0v) is 13.1. The fraction of sp³-hybridized carbons (Fsp3) is 0.235. The van der Waals surface area contributed by atoms with Crippen molar-refractivity contribution >= 4 is 17.4 Å². The van der Waals surface area contributed by atoms with Crippen LogP contribution in [0.25, 0.3) is 5.65 Å². The zero-order valence-electron chi connectivity index (χ0n) is 13.1. The van der Waals surface area contributed by atoms with E-state index in [-0.39, 0.29) is 17.3 Å². The third kappa shape index (κ3) is 2.59. The Hall–Kier alpha value is -3.03. The van der Waals surface area contributed by atoms with Gasteiger partial charge in [0, 0.05) is 12.1 Å². The largest absolute Gasteiger partial charge is 0.477 e. The summed E-state index contributed by atoms with van der Waals surface area (Å²) >= 11 is 0. The van der Waals surface area contributed by atoms with E-state index in [1.807, 2.05) is 4.90 Å². The summed E-state index contributed by atoms with van der Waals surface area (Å²) in [5.74, 6) is -1.55. The van der Waals surface area contributed by atoms with Gasteiger partial charge >= 0.3 is 5.97 Å². The number of fused-ring (bicyclic) bond motifs is 1. The second kappa shape index (κ2) is 5.80. The lowest BCUT2D eigenvalue weighted by atomic mass is 10.0. The molecule has 0 radical (unpaired) electrons. The maximum atomic E-state index is 14.2.